The Morgan fingerprint density at radius 1 is 1.24 bits per heavy atom. The van der Waals surface area contributed by atoms with Gasteiger partial charge in [-0.1, -0.05) is 13.8 Å². The van der Waals surface area contributed by atoms with Crippen molar-refractivity contribution in [3.63, 3.8) is 0 Å². The molecule has 1 heterocycles. The van der Waals surface area contributed by atoms with Crippen LogP contribution in [0.25, 0.3) is 0 Å². The van der Waals surface area contributed by atoms with Crippen LogP contribution < -0.4 is 5.73 Å². The minimum Gasteiger partial charge on any atom is -0.327 e. The van der Waals surface area contributed by atoms with E-state index < -0.39 is 11.9 Å². The van der Waals surface area contributed by atoms with Gasteiger partial charge in [0.1, 0.15) is 11.5 Å². The first kappa shape index (κ1) is 13.9. The zero-order valence-electron chi connectivity index (χ0n) is 9.99. The summed E-state index contributed by atoms with van der Waals surface area (Å²) in [7, 11) is 0. The molecule has 0 saturated carbocycles. The van der Waals surface area contributed by atoms with Crippen molar-refractivity contribution in [3.05, 3.63) is 23.8 Å². The zero-order valence-corrected chi connectivity index (χ0v) is 9.99. The molecule has 0 aliphatic heterocycles. The molecule has 0 radical (unpaired) electrons. The molecule has 0 amide bonds. The Morgan fingerprint density at radius 2 is 1.82 bits per heavy atom. The maximum absolute atomic E-state index is 12.5. The van der Waals surface area contributed by atoms with E-state index in [9.17, 15) is 13.2 Å². The molecule has 17 heavy (non-hydrogen) atoms. The Kier molecular flexibility index (Phi) is 4.08. The van der Waals surface area contributed by atoms with Crippen molar-refractivity contribution < 1.29 is 13.2 Å². The first-order chi connectivity index (χ1) is 7.73. The quantitative estimate of drug-likeness (QED) is 0.893. The summed E-state index contributed by atoms with van der Waals surface area (Å²) in [5.74, 6) is -0.0411. The van der Waals surface area contributed by atoms with Crippen LogP contribution >= 0.6 is 0 Å². The summed E-state index contributed by atoms with van der Waals surface area (Å²) in [5.41, 5.74) is 4.85. The lowest BCUT2D eigenvalue weighted by molar-refractivity contribution is -0.141. The maximum atomic E-state index is 12.5. The number of alkyl halides is 3. The molecule has 1 aromatic rings. The summed E-state index contributed by atoms with van der Waals surface area (Å²) in [6.45, 7) is 5.52. The Balaban J connectivity index is 3.14. The molecule has 6 heteroatoms. The minimum absolute atomic E-state index is 0.0819. The van der Waals surface area contributed by atoms with Crippen molar-refractivity contribution in [2.24, 2.45) is 11.7 Å². The van der Waals surface area contributed by atoms with E-state index in [1.165, 1.54) is 0 Å². The lowest BCUT2D eigenvalue weighted by Crippen LogP contribution is -2.30. The maximum Gasteiger partial charge on any atom is 0.433 e. The van der Waals surface area contributed by atoms with E-state index in [4.69, 9.17) is 5.73 Å². The highest BCUT2D eigenvalue weighted by molar-refractivity contribution is 5.10. The summed E-state index contributed by atoms with van der Waals surface area (Å²) in [4.78, 5) is 7.48. The molecule has 2 atom stereocenters. The summed E-state index contributed by atoms with van der Waals surface area (Å²) in [6.07, 6.45) is -3.32. The number of hydrogen-bond donors (Lipinski definition) is 1. The van der Waals surface area contributed by atoms with Gasteiger partial charge in [-0.15, -0.1) is 0 Å². The van der Waals surface area contributed by atoms with Gasteiger partial charge in [-0.05, 0) is 18.9 Å². The van der Waals surface area contributed by atoms with E-state index in [1.54, 1.807) is 6.92 Å². The lowest BCUT2D eigenvalue weighted by atomic mass is 9.89. The molecule has 2 unspecified atom stereocenters. The molecule has 0 aliphatic rings. The van der Waals surface area contributed by atoms with Crippen LogP contribution in [0.4, 0.5) is 13.2 Å². The van der Waals surface area contributed by atoms with Gasteiger partial charge >= 0.3 is 6.18 Å². The fourth-order valence-corrected chi connectivity index (χ4v) is 1.83. The summed E-state index contributed by atoms with van der Waals surface area (Å²) >= 11 is 0. The second-order valence-electron chi connectivity index (χ2n) is 4.43. The van der Waals surface area contributed by atoms with Crippen LogP contribution in [0.3, 0.4) is 0 Å². The van der Waals surface area contributed by atoms with Crippen LogP contribution in [0.1, 0.15) is 38.2 Å². The highest BCUT2D eigenvalue weighted by Gasteiger charge is 2.34. The smallest absolute Gasteiger partial charge is 0.327 e. The number of nitrogens with zero attached hydrogens (tertiary/aromatic N) is 2. The first-order valence-corrected chi connectivity index (χ1v) is 5.39. The van der Waals surface area contributed by atoms with E-state index in [0.717, 1.165) is 12.3 Å². The Labute approximate surface area is 98.3 Å². The normalized spacial score (nSPS) is 16.0. The Morgan fingerprint density at radius 3 is 2.24 bits per heavy atom. The van der Waals surface area contributed by atoms with Gasteiger partial charge in [0, 0.05) is 18.2 Å². The Hall–Kier alpha value is -1.17. The summed E-state index contributed by atoms with van der Waals surface area (Å²) in [6, 6.07) is 0.570. The predicted octanol–water partition coefficient (Wildman–Crippen LogP) is 2.58. The third-order valence-electron chi connectivity index (χ3n) is 2.55. The van der Waals surface area contributed by atoms with Gasteiger partial charge in [0.15, 0.2) is 0 Å². The van der Waals surface area contributed by atoms with Crippen molar-refractivity contribution >= 4 is 0 Å². The van der Waals surface area contributed by atoms with Gasteiger partial charge in [-0.2, -0.15) is 13.2 Å². The molecule has 96 valence electrons. The predicted molar refractivity (Wildman–Crippen MR) is 58.3 cm³/mol. The van der Waals surface area contributed by atoms with Crippen molar-refractivity contribution in [1.82, 2.24) is 9.97 Å². The second-order valence-corrected chi connectivity index (χ2v) is 4.43. The Bertz CT molecular complexity index is 366. The fourth-order valence-electron chi connectivity index (χ4n) is 1.83. The van der Waals surface area contributed by atoms with Crippen LogP contribution in [0.5, 0.6) is 0 Å². The molecule has 2 N–H and O–H groups in total. The zero-order chi connectivity index (χ0) is 13.2. The molecule has 1 aromatic heterocycles. The third kappa shape index (κ3) is 3.39. The lowest BCUT2D eigenvalue weighted by Gasteiger charge is -2.23. The van der Waals surface area contributed by atoms with E-state index in [2.05, 4.69) is 9.97 Å². The van der Waals surface area contributed by atoms with E-state index in [0.29, 0.717) is 0 Å². The second kappa shape index (κ2) is 5.00. The monoisotopic (exact) mass is 247 g/mol. The van der Waals surface area contributed by atoms with Crippen molar-refractivity contribution in [2.75, 3.05) is 0 Å². The van der Waals surface area contributed by atoms with Crippen LogP contribution in [0, 0.1) is 5.92 Å². The molecule has 0 aliphatic carbocycles. The first-order valence-electron chi connectivity index (χ1n) is 5.39. The summed E-state index contributed by atoms with van der Waals surface area (Å²) in [5, 5.41) is 0. The molecular formula is C11H16F3N3. The molecule has 0 saturated heterocycles. The topological polar surface area (TPSA) is 51.8 Å². The van der Waals surface area contributed by atoms with Crippen LogP contribution in [0.15, 0.2) is 12.3 Å². The largest absolute Gasteiger partial charge is 0.433 e. The molecule has 0 bridgehead atoms. The average molecular weight is 247 g/mol. The van der Waals surface area contributed by atoms with E-state index in [1.807, 2.05) is 13.8 Å². The number of rotatable bonds is 3. The van der Waals surface area contributed by atoms with E-state index in [-0.39, 0.29) is 23.7 Å². The molecule has 3 nitrogen and oxygen atoms in total. The number of hydrogen-bond acceptors (Lipinski definition) is 3. The van der Waals surface area contributed by atoms with Gasteiger partial charge in [0.05, 0.1) is 0 Å². The van der Waals surface area contributed by atoms with Crippen LogP contribution in [-0.2, 0) is 6.18 Å². The minimum atomic E-state index is -4.45. The molecular weight excluding hydrogens is 231 g/mol. The highest BCUT2D eigenvalue weighted by Crippen LogP contribution is 2.30. The van der Waals surface area contributed by atoms with Crippen molar-refractivity contribution in [3.8, 4) is 0 Å². The number of halogens is 3. The van der Waals surface area contributed by atoms with E-state index >= 15 is 0 Å². The van der Waals surface area contributed by atoms with Crippen molar-refractivity contribution in [1.29, 1.82) is 0 Å². The number of nitrogens with two attached hydrogens (primary N) is 1. The van der Waals surface area contributed by atoms with Gasteiger partial charge < -0.3 is 5.73 Å². The van der Waals surface area contributed by atoms with Gasteiger partial charge in [0.2, 0.25) is 0 Å². The molecule has 0 spiro atoms. The van der Waals surface area contributed by atoms with Crippen molar-refractivity contribution in [2.45, 2.75) is 38.9 Å². The summed E-state index contributed by atoms with van der Waals surface area (Å²) < 4.78 is 37.5. The highest BCUT2D eigenvalue weighted by atomic mass is 19.4. The van der Waals surface area contributed by atoms with Gasteiger partial charge in [-0.25, -0.2) is 9.97 Å². The standard InChI is InChI=1S/C11H16F3N3/c1-6(2)9(7(3)15)10-16-5-4-8(17-10)11(12,13)14/h4-7,9H,15H2,1-3H3. The average Bonchev–Trinajstić information content (AvgIpc) is 2.15. The van der Waals surface area contributed by atoms with Crippen LogP contribution in [0.2, 0.25) is 0 Å². The SMILES string of the molecule is CC(C)C(c1nccc(C(F)(F)F)n1)C(C)N. The van der Waals surface area contributed by atoms with Crippen LogP contribution in [-0.4, -0.2) is 16.0 Å². The van der Waals surface area contributed by atoms with Gasteiger partial charge in [0.25, 0.3) is 0 Å². The molecule has 0 aromatic carbocycles. The molecule has 0 fully saturated rings. The third-order valence-corrected chi connectivity index (χ3v) is 2.55. The fraction of sp³-hybridized carbons (Fsp3) is 0.636. The number of aromatic nitrogens is 2. The van der Waals surface area contributed by atoms with Gasteiger partial charge in [-0.3, -0.25) is 0 Å². The molecule has 1 rings (SSSR count).